The maximum absolute atomic E-state index is 10.2. The van der Waals surface area contributed by atoms with E-state index in [1.807, 2.05) is 22.8 Å². The summed E-state index contributed by atoms with van der Waals surface area (Å²) < 4.78 is 483. The molecular formula is C75H125N5O15. The molecule has 0 amide bonds. The van der Waals surface area contributed by atoms with Crippen molar-refractivity contribution < 1.29 is 152 Å². The number of hydrogen-bond donors (Lipinski definition) is 10. The third-order valence-corrected chi connectivity index (χ3v) is 10.3. The van der Waals surface area contributed by atoms with Crippen LogP contribution in [0.1, 0.15) is 176 Å². The van der Waals surface area contributed by atoms with Crippen molar-refractivity contribution in [2.75, 3.05) is 134 Å². The Bertz CT molecular complexity index is 4850. The number of methoxy groups -OCH3 is 5. The van der Waals surface area contributed by atoms with Crippen LogP contribution >= 0.6 is 0 Å². The second-order valence-electron chi connectivity index (χ2n) is 18.0. The first-order valence-corrected chi connectivity index (χ1v) is 27.8. The Hall–Kier alpha value is -5.50. The van der Waals surface area contributed by atoms with E-state index in [-0.39, 0.29) is 45.3 Å². The van der Waals surface area contributed by atoms with Crippen LogP contribution in [0.15, 0.2) is 121 Å². The molecule has 0 aliphatic rings. The van der Waals surface area contributed by atoms with Gasteiger partial charge in [0.1, 0.15) is 92.2 Å². The molecule has 0 fully saturated rings. The number of aliphatic hydroxyl groups excluding tert-OH is 2. The van der Waals surface area contributed by atoms with Gasteiger partial charge in [-0.1, -0.05) is 129 Å². The van der Waals surface area contributed by atoms with E-state index in [0.29, 0.717) is 12.4 Å². The normalized spacial score (nSPS) is 25.8. The number of ether oxygens (including phenoxy) is 10. The summed E-state index contributed by atoms with van der Waals surface area (Å²) in [5, 5.41) is 60.6. The third-order valence-electron chi connectivity index (χ3n) is 10.3. The fourth-order valence-corrected chi connectivity index (χ4v) is 5.92. The highest BCUT2D eigenvalue weighted by molar-refractivity contribution is 5.31. The van der Waals surface area contributed by atoms with E-state index in [0.717, 1.165) is 81.8 Å². The highest BCUT2D eigenvalue weighted by Gasteiger charge is 2.11. The van der Waals surface area contributed by atoms with Gasteiger partial charge in [0, 0.05) is 156 Å². The molecule has 0 heterocycles. The minimum atomic E-state index is -3.22. The standard InChI is InChI=1S/5C15H25NO3/c5*1-12(2)16-10-14(17)11-19-15-6-4-13(5-7-15)8-9-18-3/h5*4-7,12,14,16-17H,8-11H2,1-3H3/i1D3,2D3,8D2,9D2,11D2,14D;1D3,2D3,3D3,8D2,9D2,10D2;1D3,2D3,8D2,9D2,14D;1D3,2D3,8D2,9D2,10D2;1D3,2D3,14D. The van der Waals surface area contributed by atoms with Gasteiger partial charge in [0.25, 0.3) is 0 Å². The van der Waals surface area contributed by atoms with E-state index >= 15 is 0 Å². The first kappa shape index (κ1) is 32.2. The summed E-state index contributed by atoms with van der Waals surface area (Å²) in [6, 6.07) is 15.5. The zero-order valence-corrected chi connectivity index (χ0v) is 52.3. The monoisotopic (exact) mass is 1390 g/mol. The fraction of sp³-hybridized carbons (Fsp3) is 0.600. The topological polar surface area (TPSA) is 254 Å². The van der Waals surface area contributed by atoms with Gasteiger partial charge in [-0.2, -0.15) is 0 Å². The zero-order chi connectivity index (χ0) is 120. The summed E-state index contributed by atoms with van der Waals surface area (Å²) in [6.07, 6.45) is -21.3. The molecule has 5 atom stereocenters. The second-order valence-corrected chi connectivity index (χ2v) is 18.0. The molecule has 5 rings (SSSR count). The van der Waals surface area contributed by atoms with E-state index in [2.05, 4.69) is 29.6 Å². The van der Waals surface area contributed by atoms with Gasteiger partial charge in [-0.3, -0.25) is 0 Å². The van der Waals surface area contributed by atoms with Crippen LogP contribution in [0.2, 0.25) is 0 Å². The van der Waals surface area contributed by atoms with Crippen LogP contribution in [0, 0.1) is 0 Å². The van der Waals surface area contributed by atoms with Crippen molar-refractivity contribution in [1.82, 2.24) is 26.6 Å². The van der Waals surface area contributed by atoms with E-state index in [9.17, 15) is 25.5 Å². The van der Waals surface area contributed by atoms with Gasteiger partial charge >= 0.3 is 0 Å². The van der Waals surface area contributed by atoms with Crippen LogP contribution in [0.25, 0.3) is 0 Å². The Morgan fingerprint density at radius 1 is 0.347 bits per heavy atom. The lowest BCUT2D eigenvalue weighted by Gasteiger charge is -2.15. The molecule has 0 aromatic heterocycles. The van der Waals surface area contributed by atoms with Crippen LogP contribution < -0.4 is 50.3 Å². The van der Waals surface area contributed by atoms with Crippen LogP contribution in [-0.4, -0.2) is 220 Å². The van der Waals surface area contributed by atoms with Crippen LogP contribution in [-0.2, 0) is 55.6 Å². The molecule has 20 nitrogen and oxygen atoms in total. The Morgan fingerprint density at radius 2 is 0.632 bits per heavy atom. The van der Waals surface area contributed by atoms with Crippen molar-refractivity contribution in [2.45, 2.75) is 161 Å². The van der Waals surface area contributed by atoms with Crippen molar-refractivity contribution in [1.29, 1.82) is 0 Å². The third kappa shape index (κ3) is 50.5. The van der Waals surface area contributed by atoms with Crippen molar-refractivity contribution in [3.63, 3.8) is 0 Å². The fourth-order valence-electron chi connectivity index (χ4n) is 5.92. The SMILES string of the molecule is [2H]C(O)(CNC(C([2H])([2H])[2H])C([2H])([2H])[2H])COc1ccc(C([2H])([2H])C([2H])([2H])OC)cc1.[2H]C(O)(CNC(C([2H])([2H])[2H])C([2H])([2H])[2H])COc1ccc(CCOC)cc1.[2H]C([2H])([2H])C(NC([2H])([2H])C(O)COc1ccc(C([2H])([2H])C([2H])([2H])OC)cc1)C([2H])([2H])[2H].[2H]C([2H])([2H])C(NCC([2H])(O)C([2H])([2H])Oc1ccc(C([2H])([2H])C([2H])([2H])OC)cc1)C([2H])([2H])[2H].[2H]C([2H])([2H])OC([2H])([2H])C([2H])([2H])c1ccc(OCC(O)C([2H])([2H])NC(C([2H])([2H])[2H])C([2H])([2H])[2H])cc1. The molecule has 0 saturated carbocycles. The Labute approximate surface area is 652 Å². The summed E-state index contributed by atoms with van der Waals surface area (Å²) in [5.41, 5.74) is 0.508. The highest BCUT2D eigenvalue weighted by atomic mass is 16.5. The lowest BCUT2D eigenvalue weighted by Crippen LogP contribution is -2.35. The van der Waals surface area contributed by atoms with Crippen LogP contribution in [0.3, 0.4) is 0 Å². The molecule has 10 N–H and O–H groups in total. The number of aliphatic hydroxyl groups is 5. The van der Waals surface area contributed by atoms with Gasteiger partial charge in [-0.15, -0.1) is 0 Å². The van der Waals surface area contributed by atoms with Crippen LogP contribution in [0.4, 0.5) is 0 Å². The molecule has 0 radical (unpaired) electrons. The smallest absolute Gasteiger partial charge is 0.119 e. The van der Waals surface area contributed by atoms with Gasteiger partial charge in [-0.25, -0.2) is 0 Å². The molecule has 95 heavy (non-hydrogen) atoms. The molecule has 0 spiro atoms. The zero-order valence-electron chi connectivity index (χ0n) is 110. The molecule has 0 aliphatic heterocycles. The first-order chi connectivity index (χ1) is 67.9. The first-order valence-electron chi connectivity index (χ1n) is 56.8. The second kappa shape index (κ2) is 56.5. The molecule has 5 aromatic rings. The summed E-state index contributed by atoms with van der Waals surface area (Å²) in [5.74, 6) is 0.341. The minimum Gasteiger partial charge on any atom is -0.491 e. The van der Waals surface area contributed by atoms with E-state index in [4.69, 9.17) is 108 Å². The number of aryl methyl sites for hydroxylation is 4. The lowest BCUT2D eigenvalue weighted by atomic mass is 10.1. The summed E-state index contributed by atoms with van der Waals surface area (Å²) in [7, 11) is 1.49. The van der Waals surface area contributed by atoms with Crippen molar-refractivity contribution in [3.8, 4) is 28.7 Å². The average Bonchev–Trinajstić information content (AvgIpc) is 0.777. The summed E-state index contributed by atoms with van der Waals surface area (Å²) in [6.45, 7) is -53.9. The van der Waals surface area contributed by atoms with Gasteiger partial charge in [0.2, 0.25) is 0 Å². The van der Waals surface area contributed by atoms with Gasteiger partial charge in [0.15, 0.2) is 0 Å². The molecule has 0 aliphatic carbocycles. The van der Waals surface area contributed by atoms with Gasteiger partial charge in [0.05, 0.1) is 54.8 Å². The number of rotatable bonds is 45. The lowest BCUT2D eigenvalue weighted by molar-refractivity contribution is 0.104. The van der Waals surface area contributed by atoms with Gasteiger partial charge in [-0.05, 0) is 120 Å². The maximum atomic E-state index is 10.2. The summed E-state index contributed by atoms with van der Waals surface area (Å²) in [4.78, 5) is 0. The molecular weight excluding hydrogens is 1210 g/mol. The van der Waals surface area contributed by atoms with E-state index in [1.165, 1.54) is 48.5 Å². The Balaban J connectivity index is 0.000000958. The Morgan fingerprint density at radius 3 is 0.937 bits per heavy atom. The predicted octanol–water partition coefficient (Wildman–Crippen LogP) is 8.07. The van der Waals surface area contributed by atoms with E-state index < -0.39 is 254 Å². The predicted molar refractivity (Wildman–Crippen MR) is 383 cm³/mol. The number of benzene rings is 5. The van der Waals surface area contributed by atoms with Crippen molar-refractivity contribution >= 4 is 0 Å². The highest BCUT2D eigenvalue weighted by Crippen LogP contribution is 2.17. The molecule has 5 aromatic carbocycles. The maximum Gasteiger partial charge on any atom is 0.119 e. The van der Waals surface area contributed by atoms with Gasteiger partial charge < -0.3 is 99.5 Å². The molecule has 5 unspecified atom stereocenters. The minimum absolute atomic E-state index is 0.0253. The quantitative estimate of drug-likeness (QED) is 0.0177. The average molecular weight is 1400 g/mol. The van der Waals surface area contributed by atoms with Crippen LogP contribution in [0.5, 0.6) is 28.7 Å². The molecule has 20 heteroatoms. The van der Waals surface area contributed by atoms with Crippen molar-refractivity contribution in [3.05, 3.63) is 149 Å². The largest absolute Gasteiger partial charge is 0.491 e. The number of hydrogen-bond acceptors (Lipinski definition) is 20. The van der Waals surface area contributed by atoms with Crippen molar-refractivity contribution in [2.24, 2.45) is 0 Å². The molecule has 0 bridgehead atoms. The Kier molecular flexibility index (Phi) is 19.2. The molecule has 0 saturated heterocycles. The number of nitrogens with one attached hydrogen (secondary N) is 5. The molecule has 540 valence electrons. The summed E-state index contributed by atoms with van der Waals surface area (Å²) >= 11 is 0. The van der Waals surface area contributed by atoms with E-state index in [1.54, 1.807) is 24.6 Å².